The molecule has 0 amide bonds. The smallest absolute Gasteiger partial charge is 0.414 e. The number of ether oxygens (including phenoxy) is 1. The van der Waals surface area contributed by atoms with Gasteiger partial charge in [-0.2, -0.15) is 13.2 Å². The van der Waals surface area contributed by atoms with Gasteiger partial charge in [0.15, 0.2) is 6.10 Å². The van der Waals surface area contributed by atoms with Gasteiger partial charge in [0.05, 0.1) is 6.61 Å². The molecule has 3 rings (SSSR count). The van der Waals surface area contributed by atoms with Crippen molar-refractivity contribution in [3.05, 3.63) is 57.1 Å². The number of thioether (sulfide) groups is 1. The Labute approximate surface area is 182 Å². The highest BCUT2D eigenvalue weighted by molar-refractivity contribution is 9.10. The Kier molecular flexibility index (Phi) is 6.61. The van der Waals surface area contributed by atoms with Gasteiger partial charge in [-0.25, -0.2) is 0 Å². The van der Waals surface area contributed by atoms with Crippen molar-refractivity contribution >= 4 is 27.7 Å². The van der Waals surface area contributed by atoms with Gasteiger partial charge in [-0.15, -0.1) is 11.8 Å². The normalized spacial score (nSPS) is 16.8. The first-order valence-electron chi connectivity index (χ1n) is 9.41. The summed E-state index contributed by atoms with van der Waals surface area (Å²) in [5.74, 6) is 1.04. The van der Waals surface area contributed by atoms with Gasteiger partial charge in [-0.3, -0.25) is 0 Å². The summed E-state index contributed by atoms with van der Waals surface area (Å²) in [7, 11) is 0. The van der Waals surface area contributed by atoms with Crippen LogP contribution in [0.4, 0.5) is 13.2 Å². The molecule has 158 valence electrons. The lowest BCUT2D eigenvalue weighted by Crippen LogP contribution is -2.38. The molecule has 0 bridgehead atoms. The number of aliphatic hydroxyl groups excluding tert-OH is 1. The largest absolute Gasteiger partial charge is 0.493 e. The summed E-state index contributed by atoms with van der Waals surface area (Å²) in [4.78, 5) is 1.03. The van der Waals surface area contributed by atoms with Gasteiger partial charge in [-0.1, -0.05) is 35.0 Å². The molecule has 29 heavy (non-hydrogen) atoms. The van der Waals surface area contributed by atoms with Gasteiger partial charge < -0.3 is 9.84 Å². The summed E-state index contributed by atoms with van der Waals surface area (Å²) in [6.45, 7) is 6.32. The maximum atomic E-state index is 13.2. The summed E-state index contributed by atoms with van der Waals surface area (Å²) < 4.78 is 46.3. The number of alkyl halides is 3. The molecule has 0 saturated carbocycles. The molecule has 0 radical (unpaired) electrons. The average molecular weight is 489 g/mol. The van der Waals surface area contributed by atoms with E-state index in [4.69, 9.17) is 4.74 Å². The molecule has 2 aromatic carbocycles. The molecule has 2 unspecified atom stereocenters. The van der Waals surface area contributed by atoms with Crippen LogP contribution in [-0.2, 0) is 11.8 Å². The van der Waals surface area contributed by atoms with Crippen molar-refractivity contribution in [3.8, 4) is 5.75 Å². The second-order valence-electron chi connectivity index (χ2n) is 7.85. The molecule has 1 aliphatic heterocycles. The minimum absolute atomic E-state index is 0.386. The number of hydrogen-bond donors (Lipinski definition) is 1. The van der Waals surface area contributed by atoms with E-state index >= 15 is 0 Å². The molecule has 0 spiro atoms. The molecule has 1 heterocycles. The fourth-order valence-corrected chi connectivity index (χ4v) is 5.43. The first kappa shape index (κ1) is 22.5. The van der Waals surface area contributed by atoms with Crippen LogP contribution in [0.5, 0.6) is 5.75 Å². The summed E-state index contributed by atoms with van der Waals surface area (Å²) in [5, 5.41) is 9.91. The zero-order valence-corrected chi connectivity index (χ0v) is 19.0. The zero-order chi connectivity index (χ0) is 21.4. The topological polar surface area (TPSA) is 29.5 Å². The van der Waals surface area contributed by atoms with Crippen LogP contribution in [0.1, 0.15) is 35.6 Å². The first-order valence-corrected chi connectivity index (χ1v) is 11.2. The van der Waals surface area contributed by atoms with Crippen LogP contribution < -0.4 is 4.74 Å². The first-order chi connectivity index (χ1) is 13.5. The van der Waals surface area contributed by atoms with Crippen LogP contribution in [0.2, 0.25) is 0 Å². The Morgan fingerprint density at radius 2 is 1.97 bits per heavy atom. The fraction of sp³-hybridized carbons (Fsp3) is 0.455. The lowest BCUT2D eigenvalue weighted by molar-refractivity contribution is -0.208. The van der Waals surface area contributed by atoms with Crippen molar-refractivity contribution in [2.24, 2.45) is 0 Å². The molecule has 2 nitrogen and oxygen atoms in total. The van der Waals surface area contributed by atoms with Crippen molar-refractivity contribution in [3.63, 3.8) is 0 Å². The highest BCUT2D eigenvalue weighted by atomic mass is 79.9. The minimum Gasteiger partial charge on any atom is -0.493 e. The zero-order valence-electron chi connectivity index (χ0n) is 16.6. The number of aryl methyl sites for hydroxylation is 1. The molecule has 2 atom stereocenters. The molecule has 1 N–H and O–H groups in total. The lowest BCUT2D eigenvalue weighted by Gasteiger charge is -2.34. The van der Waals surface area contributed by atoms with E-state index in [1.54, 1.807) is 6.92 Å². The summed E-state index contributed by atoms with van der Waals surface area (Å²) >= 11 is 5.00. The number of hydrogen-bond acceptors (Lipinski definition) is 3. The molecule has 0 saturated heterocycles. The van der Waals surface area contributed by atoms with Crippen LogP contribution in [0.15, 0.2) is 39.7 Å². The second-order valence-corrected chi connectivity index (χ2v) is 9.78. The third-order valence-electron chi connectivity index (χ3n) is 5.52. The van der Waals surface area contributed by atoms with Gasteiger partial charge in [0.2, 0.25) is 0 Å². The Balaban J connectivity index is 2.00. The van der Waals surface area contributed by atoms with Gasteiger partial charge in [0, 0.05) is 32.5 Å². The third kappa shape index (κ3) is 4.94. The summed E-state index contributed by atoms with van der Waals surface area (Å²) in [6.07, 6.45) is -6.77. The lowest BCUT2D eigenvalue weighted by atomic mass is 9.78. The Hall–Kier alpha value is -1.18. The SMILES string of the molecule is Cc1cccc(SCC(C)(CC(O)C(F)(F)F)c2cc(Br)cc3c2OCC3)c1C. The Morgan fingerprint density at radius 1 is 1.24 bits per heavy atom. The molecular weight excluding hydrogens is 465 g/mol. The number of halogens is 4. The van der Waals surface area contributed by atoms with Crippen molar-refractivity contribution in [2.75, 3.05) is 12.4 Å². The highest BCUT2D eigenvalue weighted by Crippen LogP contribution is 2.46. The van der Waals surface area contributed by atoms with Gasteiger partial charge in [0.1, 0.15) is 5.75 Å². The number of rotatable bonds is 6. The van der Waals surface area contributed by atoms with E-state index in [9.17, 15) is 18.3 Å². The minimum atomic E-state index is -4.67. The van der Waals surface area contributed by atoms with Crippen LogP contribution in [0, 0.1) is 13.8 Å². The number of benzene rings is 2. The molecule has 0 fully saturated rings. The number of fused-ring (bicyclic) bond motifs is 1. The van der Waals surface area contributed by atoms with Crippen LogP contribution in [0.3, 0.4) is 0 Å². The van der Waals surface area contributed by atoms with E-state index in [0.717, 1.165) is 32.5 Å². The van der Waals surface area contributed by atoms with Gasteiger partial charge >= 0.3 is 6.18 Å². The fourth-order valence-electron chi connectivity index (χ4n) is 3.62. The molecular formula is C22H24BrF3O2S. The summed E-state index contributed by atoms with van der Waals surface area (Å²) in [5.41, 5.74) is 3.01. The van der Waals surface area contributed by atoms with Gasteiger partial charge in [0.25, 0.3) is 0 Å². The van der Waals surface area contributed by atoms with Crippen LogP contribution in [-0.4, -0.2) is 29.7 Å². The maximum absolute atomic E-state index is 13.2. The molecule has 2 aromatic rings. The predicted octanol–water partition coefficient (Wildman–Crippen LogP) is 6.36. The molecule has 0 aromatic heterocycles. The highest BCUT2D eigenvalue weighted by Gasteiger charge is 2.44. The summed E-state index contributed by atoms with van der Waals surface area (Å²) in [6, 6.07) is 9.73. The van der Waals surface area contributed by atoms with Crippen molar-refractivity contribution in [1.29, 1.82) is 0 Å². The molecule has 1 aliphatic rings. The average Bonchev–Trinajstić information content (AvgIpc) is 3.09. The van der Waals surface area contributed by atoms with E-state index in [0.29, 0.717) is 23.7 Å². The Morgan fingerprint density at radius 3 is 2.66 bits per heavy atom. The second kappa shape index (κ2) is 8.52. The maximum Gasteiger partial charge on any atom is 0.414 e. The Bertz CT molecular complexity index is 900. The quantitative estimate of drug-likeness (QED) is 0.479. The van der Waals surface area contributed by atoms with E-state index in [1.807, 2.05) is 44.2 Å². The monoisotopic (exact) mass is 488 g/mol. The van der Waals surface area contributed by atoms with Crippen LogP contribution in [0.25, 0.3) is 0 Å². The van der Waals surface area contributed by atoms with E-state index in [-0.39, 0.29) is 0 Å². The van der Waals surface area contributed by atoms with Crippen LogP contribution >= 0.6 is 27.7 Å². The number of aliphatic hydroxyl groups is 1. The van der Waals surface area contributed by atoms with Gasteiger partial charge in [-0.05, 0) is 55.2 Å². The molecule has 7 heteroatoms. The predicted molar refractivity (Wildman–Crippen MR) is 114 cm³/mol. The van der Waals surface area contributed by atoms with Crippen molar-refractivity contribution in [2.45, 2.75) is 56.2 Å². The van der Waals surface area contributed by atoms with Crippen molar-refractivity contribution in [1.82, 2.24) is 0 Å². The third-order valence-corrected chi connectivity index (χ3v) is 7.51. The molecule has 0 aliphatic carbocycles. The van der Waals surface area contributed by atoms with Crippen molar-refractivity contribution < 1.29 is 23.0 Å². The van der Waals surface area contributed by atoms with E-state index in [2.05, 4.69) is 15.9 Å². The standard InChI is InChI=1S/C22H24BrF3O2S/c1-13-5-4-6-18(14(13)2)29-12-21(3,11-19(27)22(24,25)26)17-10-16(23)9-15-7-8-28-20(15)17/h4-6,9-10,19,27H,7-8,11-12H2,1-3H3. The van der Waals surface area contributed by atoms with E-state index < -0.39 is 24.1 Å². The van der Waals surface area contributed by atoms with E-state index in [1.165, 1.54) is 11.8 Å².